The molecule has 0 aliphatic carbocycles. The van der Waals surface area contributed by atoms with Crippen molar-refractivity contribution >= 4 is 28.5 Å². The monoisotopic (exact) mass is 430 g/mol. The zero-order chi connectivity index (χ0) is 22.4. The van der Waals surface area contributed by atoms with E-state index in [0.717, 1.165) is 5.39 Å². The number of fused-ring (bicyclic) bond motifs is 1. The lowest BCUT2D eigenvalue weighted by Crippen LogP contribution is -2.31. The van der Waals surface area contributed by atoms with Crippen molar-refractivity contribution in [2.75, 3.05) is 12.0 Å². The number of carbonyl (C=O) groups excluding carboxylic acids is 2. The van der Waals surface area contributed by atoms with Gasteiger partial charge in [0.2, 0.25) is 5.78 Å². The van der Waals surface area contributed by atoms with E-state index in [-0.39, 0.29) is 17.2 Å². The molecule has 1 N–H and O–H groups in total. The Hall–Kier alpha value is -4.33. The summed E-state index contributed by atoms with van der Waals surface area (Å²) in [5, 5.41) is 15.5. The number of ketones is 1. The lowest BCUT2D eigenvalue weighted by Gasteiger charge is -2.24. The molecule has 0 unspecified atom stereocenters. The number of methoxy groups -OCH3 is 1. The topological polar surface area (TPSA) is 106 Å². The predicted molar refractivity (Wildman–Crippen MR) is 115 cm³/mol. The molecule has 5 rings (SSSR count). The number of aliphatic hydroxyl groups is 1. The number of para-hydroxylation sites is 1. The molecule has 160 valence electrons. The van der Waals surface area contributed by atoms with E-state index >= 15 is 0 Å². The molecule has 2 aromatic carbocycles. The smallest absolute Gasteiger partial charge is 0.295 e. The molecule has 8 nitrogen and oxygen atoms in total. The van der Waals surface area contributed by atoms with Crippen molar-refractivity contribution in [3.8, 4) is 5.75 Å². The van der Waals surface area contributed by atoms with Crippen LogP contribution in [0.5, 0.6) is 5.75 Å². The zero-order valence-corrected chi connectivity index (χ0v) is 17.2. The van der Waals surface area contributed by atoms with Crippen molar-refractivity contribution in [1.29, 1.82) is 0 Å². The zero-order valence-electron chi connectivity index (χ0n) is 17.2. The van der Waals surface area contributed by atoms with Gasteiger partial charge in [0, 0.05) is 11.5 Å². The molecule has 1 aliphatic rings. The number of Topliss-reactive ketones (excluding diaryl/α,β-unsaturated/α-hetero) is 1. The second-order valence-electron chi connectivity index (χ2n) is 7.39. The summed E-state index contributed by atoms with van der Waals surface area (Å²) in [5.41, 5.74) is 0.979. The van der Waals surface area contributed by atoms with Crippen LogP contribution in [0.2, 0.25) is 0 Å². The molecule has 0 fully saturated rings. The second kappa shape index (κ2) is 7.42. The van der Waals surface area contributed by atoms with Gasteiger partial charge in [0.1, 0.15) is 17.1 Å². The second-order valence-corrected chi connectivity index (χ2v) is 7.39. The Morgan fingerprint density at radius 3 is 2.66 bits per heavy atom. The number of furan rings is 1. The number of nitrogens with zero attached hydrogens (tertiary/aromatic N) is 2. The summed E-state index contributed by atoms with van der Waals surface area (Å²) in [6, 6.07) is 16.3. The molecule has 3 heterocycles. The van der Waals surface area contributed by atoms with Crippen molar-refractivity contribution in [1.82, 2.24) is 5.16 Å². The summed E-state index contributed by atoms with van der Waals surface area (Å²) < 4.78 is 16.2. The fraction of sp³-hybridized carbons (Fsp3) is 0.125. The van der Waals surface area contributed by atoms with Crippen LogP contribution < -0.4 is 9.64 Å². The van der Waals surface area contributed by atoms with Crippen molar-refractivity contribution < 1.29 is 28.4 Å². The first-order chi connectivity index (χ1) is 15.5. The molecule has 32 heavy (non-hydrogen) atoms. The fourth-order valence-electron chi connectivity index (χ4n) is 3.89. The maximum absolute atomic E-state index is 13.5. The average molecular weight is 430 g/mol. The number of aryl methyl sites for hydroxylation is 1. The van der Waals surface area contributed by atoms with Gasteiger partial charge in [-0.15, -0.1) is 0 Å². The third-order valence-electron chi connectivity index (χ3n) is 5.37. The molecule has 0 saturated heterocycles. The SMILES string of the molecule is COc1cccc([C@H]2C(C(=O)c3cc4ccccc4o3)=C(O)C(=O)N2c2cc(C)on2)c1. The van der Waals surface area contributed by atoms with Gasteiger partial charge >= 0.3 is 0 Å². The van der Waals surface area contributed by atoms with Crippen molar-refractivity contribution in [2.45, 2.75) is 13.0 Å². The summed E-state index contributed by atoms with van der Waals surface area (Å²) >= 11 is 0. The van der Waals surface area contributed by atoms with Crippen LogP contribution in [0.3, 0.4) is 0 Å². The van der Waals surface area contributed by atoms with Gasteiger partial charge in [-0.05, 0) is 36.8 Å². The number of anilines is 1. The summed E-state index contributed by atoms with van der Waals surface area (Å²) in [5.74, 6) is -0.801. The maximum atomic E-state index is 13.5. The van der Waals surface area contributed by atoms with Crippen LogP contribution in [0.4, 0.5) is 5.82 Å². The molecular weight excluding hydrogens is 412 g/mol. The molecule has 4 aromatic rings. The number of hydrogen-bond donors (Lipinski definition) is 1. The number of hydrogen-bond acceptors (Lipinski definition) is 7. The van der Waals surface area contributed by atoms with Crippen LogP contribution in [-0.2, 0) is 4.79 Å². The molecule has 0 saturated carbocycles. The third kappa shape index (κ3) is 3.04. The number of aliphatic hydroxyl groups excluding tert-OH is 1. The minimum atomic E-state index is -0.956. The quantitative estimate of drug-likeness (QED) is 0.464. The molecule has 0 radical (unpaired) electrons. The van der Waals surface area contributed by atoms with Gasteiger partial charge in [0.25, 0.3) is 5.91 Å². The highest BCUT2D eigenvalue weighted by Crippen LogP contribution is 2.42. The van der Waals surface area contributed by atoms with Gasteiger partial charge in [-0.2, -0.15) is 0 Å². The summed E-state index contributed by atoms with van der Waals surface area (Å²) in [4.78, 5) is 27.9. The standard InChI is InChI=1S/C24H18N2O6/c1-13-10-19(25-32-13)26-21(15-7-5-8-16(11-15)30-2)20(23(28)24(26)29)22(27)18-12-14-6-3-4-9-17(14)31-18/h3-12,21,28H,1-2H3/t21-/m0/s1. The van der Waals surface area contributed by atoms with E-state index in [1.807, 2.05) is 12.1 Å². The van der Waals surface area contributed by atoms with E-state index in [9.17, 15) is 14.7 Å². The molecule has 2 aromatic heterocycles. The third-order valence-corrected chi connectivity index (χ3v) is 5.37. The van der Waals surface area contributed by atoms with E-state index < -0.39 is 23.5 Å². The normalized spacial score (nSPS) is 16.2. The summed E-state index contributed by atoms with van der Waals surface area (Å²) in [6.45, 7) is 1.69. The number of aromatic nitrogens is 1. The van der Waals surface area contributed by atoms with Crippen LogP contribution >= 0.6 is 0 Å². The highest BCUT2D eigenvalue weighted by molar-refractivity contribution is 6.20. The first-order valence-electron chi connectivity index (χ1n) is 9.85. The van der Waals surface area contributed by atoms with Gasteiger partial charge in [0.05, 0.1) is 18.7 Å². The number of ether oxygens (including phenoxy) is 1. The maximum Gasteiger partial charge on any atom is 0.295 e. The van der Waals surface area contributed by atoms with Gasteiger partial charge in [0.15, 0.2) is 17.3 Å². The molecule has 1 aliphatic heterocycles. The van der Waals surface area contributed by atoms with Crippen molar-refractivity contribution in [3.63, 3.8) is 0 Å². The van der Waals surface area contributed by atoms with E-state index in [1.165, 1.54) is 12.0 Å². The Kier molecular flexibility index (Phi) is 4.55. The number of amides is 1. The minimum absolute atomic E-state index is 0.0200. The first-order valence-corrected chi connectivity index (χ1v) is 9.85. The molecule has 0 bridgehead atoms. The minimum Gasteiger partial charge on any atom is -0.503 e. The molecule has 0 spiro atoms. The van der Waals surface area contributed by atoms with Gasteiger partial charge in [-0.1, -0.05) is 35.5 Å². The Morgan fingerprint density at radius 1 is 1.12 bits per heavy atom. The molecule has 1 atom stereocenters. The lowest BCUT2D eigenvalue weighted by atomic mass is 9.95. The fourth-order valence-corrected chi connectivity index (χ4v) is 3.89. The predicted octanol–water partition coefficient (Wildman–Crippen LogP) is 4.52. The van der Waals surface area contributed by atoms with Crippen LogP contribution in [0.15, 0.2) is 80.9 Å². The van der Waals surface area contributed by atoms with E-state index in [0.29, 0.717) is 22.7 Å². The van der Waals surface area contributed by atoms with Gasteiger partial charge in [-0.25, -0.2) is 0 Å². The molecule has 8 heteroatoms. The summed E-state index contributed by atoms with van der Waals surface area (Å²) in [7, 11) is 1.52. The molecular formula is C24H18N2O6. The molecule has 1 amide bonds. The van der Waals surface area contributed by atoms with E-state index in [1.54, 1.807) is 55.5 Å². The van der Waals surface area contributed by atoms with Crippen LogP contribution in [0, 0.1) is 6.92 Å². The van der Waals surface area contributed by atoms with Crippen molar-refractivity contribution in [2.24, 2.45) is 0 Å². The Labute approximate surface area is 182 Å². The lowest BCUT2D eigenvalue weighted by molar-refractivity contribution is -0.117. The number of rotatable bonds is 5. The first kappa shape index (κ1) is 19.6. The van der Waals surface area contributed by atoms with Gasteiger partial charge in [-0.3, -0.25) is 14.5 Å². The van der Waals surface area contributed by atoms with Crippen LogP contribution in [-0.4, -0.2) is 29.1 Å². The highest BCUT2D eigenvalue weighted by atomic mass is 16.5. The van der Waals surface area contributed by atoms with Crippen LogP contribution in [0.1, 0.15) is 27.9 Å². The van der Waals surface area contributed by atoms with Crippen LogP contribution in [0.25, 0.3) is 11.0 Å². The van der Waals surface area contributed by atoms with Crippen molar-refractivity contribution in [3.05, 3.63) is 89.1 Å². The Bertz CT molecular complexity index is 1360. The van der Waals surface area contributed by atoms with E-state index in [2.05, 4.69) is 5.16 Å². The number of benzene rings is 2. The Morgan fingerprint density at radius 2 is 1.94 bits per heavy atom. The number of carbonyl (C=O) groups is 2. The largest absolute Gasteiger partial charge is 0.503 e. The summed E-state index contributed by atoms with van der Waals surface area (Å²) in [6.07, 6.45) is 0. The van der Waals surface area contributed by atoms with E-state index in [4.69, 9.17) is 13.7 Å². The highest BCUT2D eigenvalue weighted by Gasteiger charge is 2.46. The van der Waals surface area contributed by atoms with Gasteiger partial charge < -0.3 is 18.8 Å². The average Bonchev–Trinajstić information content (AvgIpc) is 3.50. The Balaban J connectivity index is 1.67.